The molecule has 4 heterocycles. The highest BCUT2D eigenvalue weighted by Gasteiger charge is 2.41. The number of methoxy groups -OCH3 is 2. The fourth-order valence-corrected chi connectivity index (χ4v) is 4.90. The lowest BCUT2D eigenvalue weighted by molar-refractivity contribution is -0.130. The van der Waals surface area contributed by atoms with Crippen molar-refractivity contribution < 1.29 is 14.3 Å². The standard InChI is InChI=1S/C27H33N7O3/c1-36-21-13-19(14-22(15-21)37-2)8-9-23-25-26(28)29-18-30-27(25)34(31-23)20-16-33(17-20)24(35)7-6-12-32-10-4-3-5-11-32/h6-7,13-15,18,20,23,31H,3-5,10-12,16-17H2,1-2H3,(H2,28,29,30)/b7-6+. The molecule has 0 bridgehead atoms. The zero-order valence-electron chi connectivity index (χ0n) is 21.3. The predicted molar refractivity (Wildman–Crippen MR) is 141 cm³/mol. The summed E-state index contributed by atoms with van der Waals surface area (Å²) in [5.41, 5.74) is 11.2. The second-order valence-corrected chi connectivity index (χ2v) is 9.46. The number of carbonyl (C=O) groups is 1. The number of nitrogens with two attached hydrogens (primary N) is 1. The van der Waals surface area contributed by atoms with Crippen LogP contribution in [0.4, 0.5) is 11.6 Å². The number of anilines is 2. The monoisotopic (exact) mass is 503 g/mol. The van der Waals surface area contributed by atoms with Gasteiger partial charge in [-0.05, 0) is 38.1 Å². The normalized spacial score (nSPS) is 19.8. The van der Waals surface area contributed by atoms with Gasteiger partial charge in [-0.2, -0.15) is 0 Å². The van der Waals surface area contributed by atoms with Crippen molar-refractivity contribution in [3.63, 3.8) is 0 Å². The number of nitrogens with zero attached hydrogens (tertiary/aromatic N) is 5. The van der Waals surface area contributed by atoms with E-state index in [1.165, 1.54) is 25.6 Å². The van der Waals surface area contributed by atoms with Crippen molar-refractivity contribution >= 4 is 17.5 Å². The Morgan fingerprint density at radius 2 is 1.86 bits per heavy atom. The summed E-state index contributed by atoms with van der Waals surface area (Å²) in [7, 11) is 3.21. The Morgan fingerprint density at radius 3 is 2.57 bits per heavy atom. The molecule has 0 radical (unpaired) electrons. The minimum atomic E-state index is -0.386. The molecule has 3 N–H and O–H groups in total. The molecule has 1 atom stereocenters. The number of nitrogens with one attached hydrogen (secondary N) is 1. The number of benzene rings is 1. The Morgan fingerprint density at radius 1 is 1.14 bits per heavy atom. The van der Waals surface area contributed by atoms with E-state index >= 15 is 0 Å². The molecule has 2 saturated heterocycles. The summed E-state index contributed by atoms with van der Waals surface area (Å²) in [6, 6.07) is 5.18. The van der Waals surface area contributed by atoms with Crippen molar-refractivity contribution in [2.45, 2.75) is 31.3 Å². The van der Waals surface area contributed by atoms with E-state index in [1.807, 2.05) is 28.1 Å². The van der Waals surface area contributed by atoms with E-state index in [1.54, 1.807) is 26.4 Å². The van der Waals surface area contributed by atoms with Crippen LogP contribution >= 0.6 is 0 Å². The van der Waals surface area contributed by atoms with Crippen LogP contribution in [0.5, 0.6) is 11.5 Å². The molecule has 2 aromatic rings. The molecular formula is C27H33N7O3. The fourth-order valence-electron chi connectivity index (χ4n) is 4.90. The minimum Gasteiger partial charge on any atom is -0.497 e. The number of likely N-dealkylation sites (tertiary alicyclic amines) is 2. The summed E-state index contributed by atoms with van der Waals surface area (Å²) in [6.07, 6.45) is 8.93. The Bertz CT molecular complexity index is 1200. The maximum atomic E-state index is 12.6. The summed E-state index contributed by atoms with van der Waals surface area (Å²) < 4.78 is 10.7. The Hall–Kier alpha value is -3.81. The smallest absolute Gasteiger partial charge is 0.246 e. The van der Waals surface area contributed by atoms with Crippen LogP contribution in [0, 0.1) is 11.8 Å². The van der Waals surface area contributed by atoms with Crippen LogP contribution in [0.15, 0.2) is 36.7 Å². The molecule has 37 heavy (non-hydrogen) atoms. The van der Waals surface area contributed by atoms with Gasteiger partial charge >= 0.3 is 0 Å². The van der Waals surface area contributed by atoms with Crippen molar-refractivity contribution in [3.8, 4) is 23.3 Å². The molecule has 1 aromatic heterocycles. The molecule has 0 saturated carbocycles. The molecule has 3 aliphatic rings. The predicted octanol–water partition coefficient (Wildman–Crippen LogP) is 1.75. The molecule has 1 amide bonds. The third-order valence-corrected chi connectivity index (χ3v) is 7.00. The number of hydrogen-bond acceptors (Lipinski definition) is 9. The number of fused-ring (bicyclic) bond motifs is 1. The van der Waals surface area contributed by atoms with Crippen molar-refractivity contribution in [2.24, 2.45) is 0 Å². The highest BCUT2D eigenvalue weighted by molar-refractivity contribution is 5.88. The second kappa shape index (κ2) is 11.1. The van der Waals surface area contributed by atoms with Crippen molar-refractivity contribution in [2.75, 3.05) is 57.7 Å². The minimum absolute atomic E-state index is 0.0400. The van der Waals surface area contributed by atoms with Crippen LogP contribution in [0.3, 0.4) is 0 Å². The maximum absolute atomic E-state index is 12.6. The molecule has 5 rings (SSSR count). The van der Waals surface area contributed by atoms with Gasteiger partial charge in [0.15, 0.2) is 5.82 Å². The van der Waals surface area contributed by atoms with Crippen LogP contribution in [0.2, 0.25) is 0 Å². The molecule has 1 aromatic carbocycles. The molecule has 1 unspecified atom stereocenters. The van der Waals surface area contributed by atoms with Gasteiger partial charge in [0, 0.05) is 37.3 Å². The molecule has 3 aliphatic heterocycles. The fraction of sp³-hybridized carbons (Fsp3) is 0.444. The van der Waals surface area contributed by atoms with Gasteiger partial charge < -0.3 is 20.1 Å². The summed E-state index contributed by atoms with van der Waals surface area (Å²) in [5, 5.41) is 1.97. The van der Waals surface area contributed by atoms with Crippen LogP contribution in [-0.4, -0.2) is 78.7 Å². The van der Waals surface area contributed by atoms with E-state index in [0.29, 0.717) is 36.2 Å². The zero-order valence-corrected chi connectivity index (χ0v) is 21.3. The number of hydrazine groups is 1. The van der Waals surface area contributed by atoms with Crippen molar-refractivity contribution in [3.05, 3.63) is 47.8 Å². The van der Waals surface area contributed by atoms with Gasteiger partial charge in [-0.3, -0.25) is 14.7 Å². The van der Waals surface area contributed by atoms with Crippen LogP contribution in [0.1, 0.15) is 36.4 Å². The molecule has 194 valence electrons. The topological polar surface area (TPSA) is 109 Å². The lowest BCUT2D eigenvalue weighted by Gasteiger charge is -2.43. The summed E-state index contributed by atoms with van der Waals surface area (Å²) >= 11 is 0. The Balaban J connectivity index is 1.24. The lowest BCUT2D eigenvalue weighted by Crippen LogP contribution is -2.63. The van der Waals surface area contributed by atoms with Crippen molar-refractivity contribution in [1.29, 1.82) is 0 Å². The van der Waals surface area contributed by atoms with Gasteiger partial charge in [0.05, 0.1) is 25.8 Å². The SMILES string of the molecule is COc1cc(C#CC2NN(C3CN(C(=O)/C=C/CN4CCCCC4)C3)c3ncnc(N)c32)cc(OC)c1. The number of piperidine rings is 1. The molecule has 2 fully saturated rings. The second-order valence-electron chi connectivity index (χ2n) is 9.46. The number of nitrogen functional groups attached to an aromatic ring is 1. The Kier molecular flexibility index (Phi) is 7.44. The van der Waals surface area contributed by atoms with Crippen LogP contribution in [0.25, 0.3) is 0 Å². The number of aromatic nitrogens is 2. The highest BCUT2D eigenvalue weighted by Crippen LogP contribution is 2.36. The third-order valence-electron chi connectivity index (χ3n) is 7.00. The van der Waals surface area contributed by atoms with Crippen LogP contribution < -0.4 is 25.6 Å². The number of hydrogen-bond donors (Lipinski definition) is 2. The Labute approximate surface area is 217 Å². The lowest BCUT2D eigenvalue weighted by atomic mass is 10.1. The van der Waals surface area contributed by atoms with Gasteiger partial charge in [0.25, 0.3) is 0 Å². The van der Waals surface area contributed by atoms with E-state index in [0.717, 1.165) is 30.8 Å². The average molecular weight is 504 g/mol. The summed E-state index contributed by atoms with van der Waals surface area (Å²) in [6.45, 7) is 4.25. The summed E-state index contributed by atoms with van der Waals surface area (Å²) in [5.74, 6) is 8.90. The van der Waals surface area contributed by atoms with E-state index in [4.69, 9.17) is 15.2 Å². The van der Waals surface area contributed by atoms with E-state index in [9.17, 15) is 4.79 Å². The molecule has 0 aliphatic carbocycles. The van der Waals surface area contributed by atoms with Gasteiger partial charge in [-0.1, -0.05) is 24.3 Å². The van der Waals surface area contributed by atoms with Crippen molar-refractivity contribution in [1.82, 2.24) is 25.2 Å². The first-order valence-electron chi connectivity index (χ1n) is 12.6. The highest BCUT2D eigenvalue weighted by atomic mass is 16.5. The van der Waals surface area contributed by atoms with E-state index in [-0.39, 0.29) is 18.0 Å². The quantitative estimate of drug-likeness (QED) is 0.450. The molecular weight excluding hydrogens is 470 g/mol. The molecule has 0 spiro atoms. The van der Waals surface area contributed by atoms with Gasteiger partial charge in [0.1, 0.15) is 29.7 Å². The average Bonchev–Trinajstić information content (AvgIpc) is 3.26. The first-order chi connectivity index (χ1) is 18.1. The number of carbonyl (C=O) groups excluding carboxylic acids is 1. The maximum Gasteiger partial charge on any atom is 0.246 e. The number of amides is 1. The van der Waals surface area contributed by atoms with Gasteiger partial charge in [-0.25, -0.2) is 15.4 Å². The first kappa shape index (κ1) is 24.9. The van der Waals surface area contributed by atoms with Gasteiger partial charge in [-0.15, -0.1) is 0 Å². The largest absolute Gasteiger partial charge is 0.497 e. The first-order valence-corrected chi connectivity index (χ1v) is 12.6. The van der Waals surface area contributed by atoms with Crippen LogP contribution in [-0.2, 0) is 4.79 Å². The number of ether oxygens (including phenoxy) is 2. The van der Waals surface area contributed by atoms with E-state index < -0.39 is 0 Å². The molecule has 10 heteroatoms. The third kappa shape index (κ3) is 5.48. The van der Waals surface area contributed by atoms with Gasteiger partial charge in [0.2, 0.25) is 5.91 Å². The zero-order chi connectivity index (χ0) is 25.8. The molecule has 10 nitrogen and oxygen atoms in total. The van der Waals surface area contributed by atoms with E-state index in [2.05, 4.69) is 32.1 Å². The summed E-state index contributed by atoms with van der Waals surface area (Å²) in [4.78, 5) is 25.5. The number of rotatable bonds is 6.